The van der Waals surface area contributed by atoms with Gasteiger partial charge in [0.05, 0.1) is 0 Å². The molecule has 2 aromatic carbocycles. The van der Waals surface area contributed by atoms with Gasteiger partial charge in [0, 0.05) is 0 Å². The molecule has 132 valence electrons. The summed E-state index contributed by atoms with van der Waals surface area (Å²) in [5.41, 5.74) is 4.82. The molecule has 4 heteroatoms. The Morgan fingerprint density at radius 2 is 1.64 bits per heavy atom. The van der Waals surface area contributed by atoms with Crippen LogP contribution in [0.5, 0.6) is 0 Å². The molecule has 0 radical (unpaired) electrons. The Morgan fingerprint density at radius 1 is 1.04 bits per heavy atom. The Balaban J connectivity index is 1.95. The molecular weight excluding hydrogens is 375 g/mol. The standard InChI is InChI=1S/C21H26N2OSe/c1-16(2)20-19(18-13-9-6-10-14-18)22-21(3,25-4)23(20)24-15-17-11-7-5-8-12-17/h5-14,16,22H,15H2,1-4H3. The predicted octanol–water partition coefficient (Wildman–Crippen LogP) is 4.47. The predicted molar refractivity (Wildman–Crippen MR) is 104 cm³/mol. The van der Waals surface area contributed by atoms with Crippen LogP contribution in [-0.2, 0) is 11.4 Å². The zero-order chi connectivity index (χ0) is 17.9. The molecule has 3 nitrogen and oxygen atoms in total. The third-order valence-electron chi connectivity index (χ3n) is 4.43. The topological polar surface area (TPSA) is 24.5 Å². The van der Waals surface area contributed by atoms with Gasteiger partial charge in [0.1, 0.15) is 0 Å². The molecule has 1 N–H and O–H groups in total. The van der Waals surface area contributed by atoms with Crippen molar-refractivity contribution in [2.75, 3.05) is 0 Å². The number of hydrogen-bond acceptors (Lipinski definition) is 3. The van der Waals surface area contributed by atoms with Crippen LogP contribution in [0.2, 0.25) is 5.82 Å². The van der Waals surface area contributed by atoms with E-state index < -0.39 is 0 Å². The van der Waals surface area contributed by atoms with Crippen LogP contribution in [0.1, 0.15) is 31.9 Å². The molecule has 1 aliphatic rings. The van der Waals surface area contributed by atoms with Crippen LogP contribution in [0.3, 0.4) is 0 Å². The molecule has 1 unspecified atom stereocenters. The van der Waals surface area contributed by atoms with Gasteiger partial charge in [-0.25, -0.2) is 0 Å². The second-order valence-corrected chi connectivity index (χ2v) is 9.17. The van der Waals surface area contributed by atoms with Crippen LogP contribution in [0.15, 0.2) is 66.4 Å². The molecule has 25 heavy (non-hydrogen) atoms. The Labute approximate surface area is 157 Å². The van der Waals surface area contributed by atoms with Crippen molar-refractivity contribution in [3.8, 4) is 0 Å². The molecule has 0 amide bonds. The fraction of sp³-hybridized carbons (Fsp3) is 0.333. The van der Waals surface area contributed by atoms with E-state index in [-0.39, 0.29) is 4.56 Å². The minimum atomic E-state index is -0.188. The summed E-state index contributed by atoms with van der Waals surface area (Å²) in [4.78, 5) is 6.35. The van der Waals surface area contributed by atoms with Gasteiger partial charge in [-0.3, -0.25) is 0 Å². The van der Waals surface area contributed by atoms with Gasteiger partial charge in [-0.05, 0) is 0 Å². The molecule has 0 fully saturated rings. The maximum atomic E-state index is 6.35. The molecule has 0 aliphatic carbocycles. The first-order valence-electron chi connectivity index (χ1n) is 8.65. The van der Waals surface area contributed by atoms with E-state index in [2.05, 4.69) is 91.6 Å². The first kappa shape index (κ1) is 18.1. The molecule has 0 saturated carbocycles. The number of rotatable bonds is 6. The Bertz CT molecular complexity index is 730. The van der Waals surface area contributed by atoms with Crippen molar-refractivity contribution in [1.29, 1.82) is 0 Å². The van der Waals surface area contributed by atoms with Crippen LogP contribution in [0.25, 0.3) is 5.70 Å². The van der Waals surface area contributed by atoms with Crippen LogP contribution < -0.4 is 5.32 Å². The van der Waals surface area contributed by atoms with Gasteiger partial charge in [-0.1, -0.05) is 0 Å². The van der Waals surface area contributed by atoms with Crippen molar-refractivity contribution in [2.24, 2.45) is 5.92 Å². The summed E-state index contributed by atoms with van der Waals surface area (Å²) in [5.74, 6) is 2.62. The van der Waals surface area contributed by atoms with E-state index in [4.69, 9.17) is 4.84 Å². The van der Waals surface area contributed by atoms with Crippen LogP contribution in [-0.4, -0.2) is 24.6 Å². The zero-order valence-corrected chi connectivity index (χ0v) is 17.0. The summed E-state index contributed by atoms with van der Waals surface area (Å²) in [7, 11) is 0. The molecule has 0 aromatic heterocycles. The molecule has 0 spiro atoms. The average Bonchev–Trinajstić information content (AvgIpc) is 2.95. The van der Waals surface area contributed by atoms with Gasteiger partial charge in [-0.15, -0.1) is 0 Å². The van der Waals surface area contributed by atoms with E-state index >= 15 is 0 Å². The molecule has 2 aromatic rings. The van der Waals surface area contributed by atoms with Crippen molar-refractivity contribution in [1.82, 2.24) is 10.4 Å². The summed E-state index contributed by atoms with van der Waals surface area (Å²) >= 11 is 0.334. The van der Waals surface area contributed by atoms with Crippen molar-refractivity contribution >= 4 is 20.7 Å². The summed E-state index contributed by atoms with van der Waals surface area (Å²) in [6, 6.07) is 20.9. The van der Waals surface area contributed by atoms with E-state index in [9.17, 15) is 0 Å². The van der Waals surface area contributed by atoms with Crippen molar-refractivity contribution in [2.45, 2.75) is 37.8 Å². The van der Waals surface area contributed by atoms with Crippen molar-refractivity contribution < 1.29 is 4.84 Å². The van der Waals surface area contributed by atoms with Crippen LogP contribution in [0.4, 0.5) is 0 Å². The number of benzene rings is 2. The molecule has 1 heterocycles. The van der Waals surface area contributed by atoms with Crippen molar-refractivity contribution in [3.05, 3.63) is 77.5 Å². The zero-order valence-electron chi connectivity index (χ0n) is 15.3. The van der Waals surface area contributed by atoms with E-state index in [1.807, 2.05) is 6.07 Å². The molecule has 0 saturated heterocycles. The van der Waals surface area contributed by atoms with Gasteiger partial charge in [0.25, 0.3) is 0 Å². The summed E-state index contributed by atoms with van der Waals surface area (Å²) < 4.78 is -0.188. The molecular formula is C21H26N2OSe. The molecule has 1 aliphatic heterocycles. The van der Waals surface area contributed by atoms with Gasteiger partial charge in [0.15, 0.2) is 0 Å². The van der Waals surface area contributed by atoms with E-state index in [1.165, 1.54) is 22.5 Å². The summed E-state index contributed by atoms with van der Waals surface area (Å²) in [6.07, 6.45) is 0. The number of nitrogens with zero attached hydrogens (tertiary/aromatic N) is 1. The van der Waals surface area contributed by atoms with Gasteiger partial charge in [0.2, 0.25) is 0 Å². The Hall–Kier alpha value is -1.74. The van der Waals surface area contributed by atoms with Crippen molar-refractivity contribution in [3.63, 3.8) is 0 Å². The minimum absolute atomic E-state index is 0.188. The first-order valence-corrected chi connectivity index (χ1v) is 11.2. The summed E-state index contributed by atoms with van der Waals surface area (Å²) in [6.45, 7) is 7.27. The monoisotopic (exact) mass is 402 g/mol. The number of hydroxylamine groups is 2. The van der Waals surface area contributed by atoms with Gasteiger partial charge < -0.3 is 0 Å². The van der Waals surface area contributed by atoms with Gasteiger partial charge >= 0.3 is 157 Å². The van der Waals surface area contributed by atoms with Gasteiger partial charge in [-0.2, -0.15) is 0 Å². The maximum absolute atomic E-state index is 6.35. The van der Waals surface area contributed by atoms with E-state index in [1.54, 1.807) is 0 Å². The Kier molecular flexibility index (Phi) is 5.53. The van der Waals surface area contributed by atoms with E-state index in [0.717, 1.165) is 0 Å². The number of hydrogen-bond donors (Lipinski definition) is 1. The third-order valence-corrected chi connectivity index (χ3v) is 6.66. The fourth-order valence-corrected chi connectivity index (χ4v) is 4.16. The third kappa shape index (κ3) is 3.77. The summed E-state index contributed by atoms with van der Waals surface area (Å²) in [5, 5.41) is 5.89. The normalized spacial score (nSPS) is 20.3. The molecule has 3 rings (SSSR count). The molecule has 1 atom stereocenters. The SMILES string of the molecule is C[Se]C1(C)NC(c2ccccc2)=C(C(C)C)N1OCc1ccccc1. The molecule has 0 bridgehead atoms. The van der Waals surface area contributed by atoms with Crippen LogP contribution >= 0.6 is 0 Å². The second-order valence-electron chi connectivity index (χ2n) is 6.65. The fourth-order valence-electron chi connectivity index (χ4n) is 3.07. The van der Waals surface area contributed by atoms with E-state index in [0.29, 0.717) is 27.5 Å². The number of allylic oxidation sites excluding steroid dienone is 1. The van der Waals surface area contributed by atoms with Crippen LogP contribution in [0, 0.1) is 5.92 Å². The Morgan fingerprint density at radius 3 is 2.20 bits per heavy atom. The average molecular weight is 401 g/mol. The quantitative estimate of drug-likeness (QED) is 0.723. The second kappa shape index (κ2) is 7.65. The first-order chi connectivity index (χ1) is 12.0. The number of nitrogens with one attached hydrogen (secondary N) is 1.